The van der Waals surface area contributed by atoms with Crippen molar-refractivity contribution in [2.24, 2.45) is 0 Å². The van der Waals surface area contributed by atoms with E-state index in [1.807, 2.05) is 19.2 Å². The SMILES string of the molecule is CN1CCCCC1C(=O)NCCc1nc(-c2ccc(Cl)cc2)no1. The molecule has 1 N–H and O–H groups in total. The van der Waals surface area contributed by atoms with Crippen molar-refractivity contribution < 1.29 is 9.32 Å². The predicted octanol–water partition coefficient (Wildman–Crippen LogP) is 2.53. The minimum absolute atomic E-state index is 0.0222. The number of likely N-dealkylation sites (N-methyl/N-ethyl adjacent to an activating group) is 1. The number of hydrogen-bond acceptors (Lipinski definition) is 5. The Morgan fingerprint density at radius 2 is 2.17 bits per heavy atom. The molecule has 1 aromatic heterocycles. The molecule has 1 aliphatic rings. The van der Waals surface area contributed by atoms with Crippen molar-refractivity contribution in [3.8, 4) is 11.4 Å². The first-order valence-corrected chi connectivity index (χ1v) is 8.58. The van der Waals surface area contributed by atoms with E-state index in [1.54, 1.807) is 12.1 Å². The molecule has 1 saturated heterocycles. The number of carbonyl (C=O) groups excluding carboxylic acids is 1. The Labute approximate surface area is 146 Å². The monoisotopic (exact) mass is 348 g/mol. The third kappa shape index (κ3) is 4.13. The van der Waals surface area contributed by atoms with Gasteiger partial charge in [0.15, 0.2) is 0 Å². The van der Waals surface area contributed by atoms with E-state index in [0.29, 0.717) is 29.7 Å². The molecule has 2 aromatic rings. The molecule has 1 aromatic carbocycles. The van der Waals surface area contributed by atoms with E-state index in [2.05, 4.69) is 20.4 Å². The molecule has 1 unspecified atom stereocenters. The van der Waals surface area contributed by atoms with Gasteiger partial charge in [-0.3, -0.25) is 9.69 Å². The lowest BCUT2D eigenvalue weighted by molar-refractivity contribution is -0.126. The summed E-state index contributed by atoms with van der Waals surface area (Å²) < 4.78 is 5.24. The lowest BCUT2D eigenvalue weighted by Gasteiger charge is -2.31. The second-order valence-corrected chi connectivity index (χ2v) is 6.49. The number of hydrogen-bond donors (Lipinski definition) is 1. The van der Waals surface area contributed by atoms with Gasteiger partial charge in [0.1, 0.15) is 0 Å². The van der Waals surface area contributed by atoms with Crippen molar-refractivity contribution in [2.45, 2.75) is 31.7 Å². The fraction of sp³-hybridized carbons (Fsp3) is 0.471. The maximum Gasteiger partial charge on any atom is 0.237 e. The standard InChI is InChI=1S/C17H21ClN4O2/c1-22-11-3-2-4-14(22)17(23)19-10-9-15-20-16(21-24-15)12-5-7-13(18)8-6-12/h5-8,14H,2-4,9-11H2,1H3,(H,19,23). The lowest BCUT2D eigenvalue weighted by atomic mass is 10.0. The molecule has 3 rings (SSSR count). The Balaban J connectivity index is 1.50. The number of rotatable bonds is 5. The molecular formula is C17H21ClN4O2. The van der Waals surface area contributed by atoms with Gasteiger partial charge in [-0.05, 0) is 50.7 Å². The largest absolute Gasteiger partial charge is 0.354 e. The number of carbonyl (C=O) groups is 1. The van der Waals surface area contributed by atoms with Crippen molar-refractivity contribution in [3.05, 3.63) is 35.2 Å². The van der Waals surface area contributed by atoms with Gasteiger partial charge in [-0.2, -0.15) is 4.98 Å². The van der Waals surface area contributed by atoms with Crippen LogP contribution in [0, 0.1) is 0 Å². The second-order valence-electron chi connectivity index (χ2n) is 6.05. The molecule has 0 saturated carbocycles. The molecule has 0 aliphatic carbocycles. The van der Waals surface area contributed by atoms with Gasteiger partial charge in [0.25, 0.3) is 0 Å². The number of likely N-dealkylation sites (tertiary alicyclic amines) is 1. The summed E-state index contributed by atoms with van der Waals surface area (Å²) in [7, 11) is 2.00. The van der Waals surface area contributed by atoms with Gasteiger partial charge in [-0.15, -0.1) is 0 Å². The Morgan fingerprint density at radius 3 is 2.92 bits per heavy atom. The summed E-state index contributed by atoms with van der Waals surface area (Å²) in [6.07, 6.45) is 3.71. The molecule has 7 heteroatoms. The highest BCUT2D eigenvalue weighted by Crippen LogP contribution is 2.19. The van der Waals surface area contributed by atoms with Gasteiger partial charge in [-0.25, -0.2) is 0 Å². The normalized spacial score (nSPS) is 18.5. The highest BCUT2D eigenvalue weighted by atomic mass is 35.5. The molecule has 24 heavy (non-hydrogen) atoms. The van der Waals surface area contributed by atoms with E-state index in [0.717, 1.165) is 31.4 Å². The van der Waals surface area contributed by atoms with Crippen LogP contribution in [-0.2, 0) is 11.2 Å². The van der Waals surface area contributed by atoms with Crippen LogP contribution in [0.3, 0.4) is 0 Å². The van der Waals surface area contributed by atoms with Crippen LogP contribution in [0.2, 0.25) is 5.02 Å². The van der Waals surface area contributed by atoms with Gasteiger partial charge >= 0.3 is 0 Å². The van der Waals surface area contributed by atoms with E-state index < -0.39 is 0 Å². The summed E-state index contributed by atoms with van der Waals surface area (Å²) >= 11 is 5.87. The first-order valence-electron chi connectivity index (χ1n) is 8.20. The first kappa shape index (κ1) is 16.9. The van der Waals surface area contributed by atoms with Crippen LogP contribution in [0.4, 0.5) is 0 Å². The van der Waals surface area contributed by atoms with Crippen LogP contribution in [0.5, 0.6) is 0 Å². The van der Waals surface area contributed by atoms with Crippen LogP contribution in [0.1, 0.15) is 25.2 Å². The molecule has 0 radical (unpaired) electrons. The molecule has 0 spiro atoms. The van der Waals surface area contributed by atoms with Gasteiger partial charge in [0.05, 0.1) is 6.04 Å². The maximum atomic E-state index is 12.2. The third-order valence-corrected chi connectivity index (χ3v) is 4.53. The van der Waals surface area contributed by atoms with Crippen LogP contribution in [-0.4, -0.2) is 47.1 Å². The van der Waals surface area contributed by atoms with E-state index in [4.69, 9.17) is 16.1 Å². The van der Waals surface area contributed by atoms with Crippen molar-refractivity contribution in [1.29, 1.82) is 0 Å². The average Bonchev–Trinajstić information content (AvgIpc) is 3.04. The third-order valence-electron chi connectivity index (χ3n) is 4.28. The highest BCUT2D eigenvalue weighted by molar-refractivity contribution is 6.30. The Kier molecular flexibility index (Phi) is 5.48. The summed E-state index contributed by atoms with van der Waals surface area (Å²) in [6.45, 7) is 1.47. The number of aromatic nitrogens is 2. The smallest absolute Gasteiger partial charge is 0.237 e. The number of benzene rings is 1. The molecule has 128 valence electrons. The summed E-state index contributed by atoms with van der Waals surface area (Å²) in [5.41, 5.74) is 0.849. The Hall–Kier alpha value is -1.92. The van der Waals surface area contributed by atoms with Gasteiger partial charge in [0, 0.05) is 23.6 Å². The zero-order valence-electron chi connectivity index (χ0n) is 13.7. The van der Waals surface area contributed by atoms with Crippen molar-refractivity contribution in [3.63, 3.8) is 0 Å². The number of halogens is 1. The van der Waals surface area contributed by atoms with E-state index in [1.165, 1.54) is 0 Å². The summed E-state index contributed by atoms with van der Waals surface area (Å²) in [5.74, 6) is 1.12. The summed E-state index contributed by atoms with van der Waals surface area (Å²) in [5, 5.41) is 7.59. The van der Waals surface area contributed by atoms with Crippen LogP contribution < -0.4 is 5.32 Å². The highest BCUT2D eigenvalue weighted by Gasteiger charge is 2.25. The van der Waals surface area contributed by atoms with E-state index >= 15 is 0 Å². The van der Waals surface area contributed by atoms with Gasteiger partial charge in [-0.1, -0.05) is 23.2 Å². The number of nitrogens with zero attached hydrogens (tertiary/aromatic N) is 3. The molecule has 1 atom stereocenters. The topological polar surface area (TPSA) is 71.3 Å². The van der Waals surface area contributed by atoms with Crippen molar-refractivity contribution >= 4 is 17.5 Å². The number of nitrogens with one attached hydrogen (secondary N) is 1. The Bertz CT molecular complexity index is 686. The van der Waals surface area contributed by atoms with Crippen molar-refractivity contribution in [1.82, 2.24) is 20.4 Å². The maximum absolute atomic E-state index is 12.2. The quantitative estimate of drug-likeness (QED) is 0.899. The van der Waals surface area contributed by atoms with E-state index in [9.17, 15) is 4.79 Å². The molecular weight excluding hydrogens is 328 g/mol. The summed E-state index contributed by atoms with van der Waals surface area (Å²) in [6, 6.07) is 7.24. The lowest BCUT2D eigenvalue weighted by Crippen LogP contribution is -2.47. The molecule has 1 aliphatic heterocycles. The van der Waals surface area contributed by atoms with Crippen LogP contribution in [0.25, 0.3) is 11.4 Å². The van der Waals surface area contributed by atoms with Crippen LogP contribution in [0.15, 0.2) is 28.8 Å². The zero-order chi connectivity index (χ0) is 16.9. The minimum atomic E-state index is -0.0222. The summed E-state index contributed by atoms with van der Waals surface area (Å²) in [4.78, 5) is 18.7. The molecule has 0 bridgehead atoms. The number of piperidine rings is 1. The minimum Gasteiger partial charge on any atom is -0.354 e. The first-order chi connectivity index (χ1) is 11.6. The van der Waals surface area contributed by atoms with Gasteiger partial charge < -0.3 is 9.84 Å². The second kappa shape index (κ2) is 7.77. The zero-order valence-corrected chi connectivity index (χ0v) is 14.4. The Morgan fingerprint density at radius 1 is 1.38 bits per heavy atom. The number of amides is 1. The fourth-order valence-corrected chi connectivity index (χ4v) is 3.02. The molecule has 1 fully saturated rings. The predicted molar refractivity (Wildman–Crippen MR) is 91.7 cm³/mol. The molecule has 6 nitrogen and oxygen atoms in total. The van der Waals surface area contributed by atoms with Gasteiger partial charge in [0.2, 0.25) is 17.6 Å². The average molecular weight is 349 g/mol. The van der Waals surface area contributed by atoms with Crippen LogP contribution >= 0.6 is 11.6 Å². The fourth-order valence-electron chi connectivity index (χ4n) is 2.89. The van der Waals surface area contributed by atoms with Crippen molar-refractivity contribution in [2.75, 3.05) is 20.1 Å². The molecule has 2 heterocycles. The van der Waals surface area contributed by atoms with E-state index in [-0.39, 0.29) is 11.9 Å². The molecule has 1 amide bonds.